The minimum absolute atomic E-state index is 0.0185. The van der Waals surface area contributed by atoms with Crippen LogP contribution in [0.5, 0.6) is 5.75 Å². The van der Waals surface area contributed by atoms with E-state index in [0.717, 1.165) is 25.9 Å². The first-order chi connectivity index (χ1) is 15.0. The largest absolute Gasteiger partial charge is 0.483 e. The highest BCUT2D eigenvalue weighted by molar-refractivity contribution is 5.78. The first kappa shape index (κ1) is 20.5. The van der Waals surface area contributed by atoms with Crippen LogP contribution in [0.15, 0.2) is 53.1 Å². The van der Waals surface area contributed by atoms with E-state index in [9.17, 15) is 14.9 Å². The summed E-state index contributed by atoms with van der Waals surface area (Å²) in [5.74, 6) is 1.49. The number of hydrogen-bond acceptors (Lipinski definition) is 7. The predicted octanol–water partition coefficient (Wildman–Crippen LogP) is 3.95. The molecule has 2 aromatic carbocycles. The second-order valence-electron chi connectivity index (χ2n) is 7.60. The van der Waals surface area contributed by atoms with Crippen molar-refractivity contribution in [3.8, 4) is 28.6 Å². The van der Waals surface area contributed by atoms with Crippen molar-refractivity contribution in [2.24, 2.45) is 5.92 Å². The molecule has 0 spiro atoms. The van der Waals surface area contributed by atoms with Crippen LogP contribution in [0.25, 0.3) is 22.8 Å². The number of ether oxygens (including phenoxy) is 1. The molecule has 160 valence electrons. The second kappa shape index (κ2) is 8.95. The van der Waals surface area contributed by atoms with Crippen LogP contribution < -0.4 is 4.74 Å². The molecule has 9 nitrogen and oxygen atoms in total. The standard InChI is InChI=1S/C22H22N4O5/c1-15-5-4-12-25(13-15)20(27)14-30-19-7-3-2-6-18(19)21-23-22(31-24-21)16-8-10-17(11-9-16)26(28)29/h2-3,6-11,15H,4-5,12-14H2,1H3/t15-/m1/s1. The van der Waals surface area contributed by atoms with Gasteiger partial charge in [0, 0.05) is 30.8 Å². The number of para-hydroxylation sites is 1. The van der Waals surface area contributed by atoms with E-state index in [1.54, 1.807) is 24.3 Å². The average Bonchev–Trinajstić information content (AvgIpc) is 3.28. The van der Waals surface area contributed by atoms with Gasteiger partial charge < -0.3 is 14.2 Å². The molecule has 31 heavy (non-hydrogen) atoms. The van der Waals surface area contributed by atoms with Crippen molar-refractivity contribution >= 4 is 11.6 Å². The molecule has 0 radical (unpaired) electrons. The lowest BCUT2D eigenvalue weighted by atomic mass is 10.0. The zero-order chi connectivity index (χ0) is 21.8. The maximum Gasteiger partial charge on any atom is 0.269 e. The molecule has 9 heteroatoms. The van der Waals surface area contributed by atoms with Gasteiger partial charge in [-0.05, 0) is 43.0 Å². The van der Waals surface area contributed by atoms with Gasteiger partial charge in [-0.25, -0.2) is 0 Å². The minimum Gasteiger partial charge on any atom is -0.483 e. The molecule has 3 aromatic rings. The first-order valence-electron chi connectivity index (χ1n) is 10.1. The number of hydrogen-bond donors (Lipinski definition) is 0. The first-order valence-corrected chi connectivity index (χ1v) is 10.1. The van der Waals surface area contributed by atoms with E-state index >= 15 is 0 Å². The van der Waals surface area contributed by atoms with Crippen molar-refractivity contribution in [1.82, 2.24) is 15.0 Å². The Morgan fingerprint density at radius 2 is 2.03 bits per heavy atom. The zero-order valence-electron chi connectivity index (χ0n) is 17.1. The van der Waals surface area contributed by atoms with Crippen molar-refractivity contribution in [2.75, 3.05) is 19.7 Å². The lowest BCUT2D eigenvalue weighted by Crippen LogP contribution is -2.41. The lowest BCUT2D eigenvalue weighted by Gasteiger charge is -2.30. The van der Waals surface area contributed by atoms with Gasteiger partial charge in [0.15, 0.2) is 6.61 Å². The number of rotatable bonds is 6. The molecule has 1 aromatic heterocycles. The summed E-state index contributed by atoms with van der Waals surface area (Å²) >= 11 is 0. The number of non-ortho nitro benzene ring substituents is 1. The minimum atomic E-state index is -0.470. The summed E-state index contributed by atoms with van der Waals surface area (Å²) < 4.78 is 11.1. The van der Waals surface area contributed by atoms with Gasteiger partial charge in [-0.1, -0.05) is 24.2 Å². The molecule has 0 aliphatic carbocycles. The van der Waals surface area contributed by atoms with Gasteiger partial charge in [0.05, 0.1) is 10.5 Å². The fraction of sp³-hybridized carbons (Fsp3) is 0.318. The predicted molar refractivity (Wildman–Crippen MR) is 112 cm³/mol. The van der Waals surface area contributed by atoms with Crippen molar-refractivity contribution in [1.29, 1.82) is 0 Å². The summed E-state index contributed by atoms with van der Waals surface area (Å²) in [4.78, 5) is 29.1. The normalized spacial score (nSPS) is 16.2. The highest BCUT2D eigenvalue weighted by Gasteiger charge is 2.22. The van der Waals surface area contributed by atoms with E-state index in [-0.39, 0.29) is 24.1 Å². The maximum absolute atomic E-state index is 12.5. The number of nitro groups is 1. The van der Waals surface area contributed by atoms with Crippen LogP contribution >= 0.6 is 0 Å². The molecule has 0 N–H and O–H groups in total. The van der Waals surface area contributed by atoms with E-state index < -0.39 is 4.92 Å². The molecule has 2 heterocycles. The molecule has 1 aliphatic heterocycles. The third-order valence-electron chi connectivity index (χ3n) is 5.24. The Labute approximate surface area is 178 Å². The van der Waals surface area contributed by atoms with E-state index in [2.05, 4.69) is 17.1 Å². The summed E-state index contributed by atoms with van der Waals surface area (Å²) in [7, 11) is 0. The Hall–Kier alpha value is -3.75. The zero-order valence-corrected chi connectivity index (χ0v) is 17.1. The van der Waals surface area contributed by atoms with Crippen LogP contribution in [0, 0.1) is 16.0 Å². The summed E-state index contributed by atoms with van der Waals surface area (Å²) in [6.45, 7) is 3.61. The van der Waals surface area contributed by atoms with Gasteiger partial charge >= 0.3 is 0 Å². The van der Waals surface area contributed by atoms with Crippen LogP contribution in [0.4, 0.5) is 5.69 Å². The molecule has 0 saturated carbocycles. The van der Waals surface area contributed by atoms with Crippen molar-refractivity contribution in [3.63, 3.8) is 0 Å². The van der Waals surface area contributed by atoms with E-state index in [1.165, 1.54) is 12.1 Å². The maximum atomic E-state index is 12.5. The highest BCUT2D eigenvalue weighted by atomic mass is 16.6. The number of piperidine rings is 1. The van der Waals surface area contributed by atoms with Crippen LogP contribution in [-0.2, 0) is 4.79 Å². The summed E-state index contributed by atoms with van der Waals surface area (Å²) in [5, 5.41) is 14.8. The highest BCUT2D eigenvalue weighted by Crippen LogP contribution is 2.30. The van der Waals surface area contributed by atoms with E-state index in [0.29, 0.717) is 28.6 Å². The number of nitrogens with zero attached hydrogens (tertiary/aromatic N) is 4. The molecule has 0 bridgehead atoms. The van der Waals surface area contributed by atoms with Crippen molar-refractivity contribution in [2.45, 2.75) is 19.8 Å². The SMILES string of the molecule is C[C@@H]1CCCN(C(=O)COc2ccccc2-c2noc(-c3ccc([N+](=O)[O-])cc3)n2)C1. The summed E-state index contributed by atoms with van der Waals surface area (Å²) in [6.07, 6.45) is 2.15. The number of nitro benzene ring substituents is 1. The average molecular weight is 422 g/mol. The number of carbonyl (C=O) groups excluding carboxylic acids is 1. The third kappa shape index (κ3) is 4.71. The van der Waals surface area contributed by atoms with Crippen LogP contribution in [0.2, 0.25) is 0 Å². The monoisotopic (exact) mass is 422 g/mol. The Kier molecular flexibility index (Phi) is 5.92. The Balaban J connectivity index is 1.48. The van der Waals surface area contributed by atoms with Crippen LogP contribution in [0.1, 0.15) is 19.8 Å². The summed E-state index contributed by atoms with van der Waals surface area (Å²) in [6, 6.07) is 13.0. The van der Waals surface area contributed by atoms with Crippen molar-refractivity contribution < 1.29 is 19.0 Å². The summed E-state index contributed by atoms with van der Waals surface area (Å²) in [5.41, 5.74) is 1.14. The van der Waals surface area contributed by atoms with E-state index in [4.69, 9.17) is 9.26 Å². The molecule has 1 amide bonds. The van der Waals surface area contributed by atoms with Gasteiger partial charge in [-0.15, -0.1) is 0 Å². The van der Waals surface area contributed by atoms with Gasteiger partial charge in [0.25, 0.3) is 17.5 Å². The fourth-order valence-electron chi connectivity index (χ4n) is 3.60. The molecular formula is C22H22N4O5. The van der Waals surface area contributed by atoms with Gasteiger partial charge in [0.2, 0.25) is 5.82 Å². The second-order valence-corrected chi connectivity index (χ2v) is 7.60. The number of aromatic nitrogens is 2. The molecule has 1 fully saturated rings. The Morgan fingerprint density at radius 1 is 1.26 bits per heavy atom. The number of benzene rings is 2. The smallest absolute Gasteiger partial charge is 0.269 e. The molecule has 1 atom stereocenters. The number of likely N-dealkylation sites (tertiary alicyclic amines) is 1. The molecule has 1 saturated heterocycles. The number of carbonyl (C=O) groups is 1. The van der Waals surface area contributed by atoms with Gasteiger partial charge in [-0.3, -0.25) is 14.9 Å². The topological polar surface area (TPSA) is 112 Å². The van der Waals surface area contributed by atoms with Crippen molar-refractivity contribution in [3.05, 3.63) is 58.6 Å². The third-order valence-corrected chi connectivity index (χ3v) is 5.24. The molecule has 4 rings (SSSR count). The van der Waals surface area contributed by atoms with E-state index in [1.807, 2.05) is 17.0 Å². The quantitative estimate of drug-likeness (QED) is 0.437. The van der Waals surface area contributed by atoms with Crippen LogP contribution in [0.3, 0.4) is 0 Å². The fourth-order valence-corrected chi connectivity index (χ4v) is 3.60. The number of amides is 1. The Morgan fingerprint density at radius 3 is 2.77 bits per heavy atom. The molecule has 0 unspecified atom stereocenters. The van der Waals surface area contributed by atoms with Crippen LogP contribution in [-0.4, -0.2) is 45.6 Å². The molecule has 1 aliphatic rings. The van der Waals surface area contributed by atoms with Gasteiger partial charge in [-0.2, -0.15) is 4.98 Å². The Bertz CT molecular complexity index is 1080. The molecular weight excluding hydrogens is 400 g/mol. The lowest BCUT2D eigenvalue weighted by molar-refractivity contribution is -0.384. The van der Waals surface area contributed by atoms with Gasteiger partial charge in [0.1, 0.15) is 5.75 Å².